The zero-order valence-electron chi connectivity index (χ0n) is 31.4. The maximum Gasteiger partial charge on any atom is 0.244 e. The fourth-order valence-electron chi connectivity index (χ4n) is 5.81. The molecule has 0 spiro atoms. The second-order valence-electron chi connectivity index (χ2n) is 17.1. The van der Waals surface area contributed by atoms with E-state index >= 15 is 0 Å². The van der Waals surface area contributed by atoms with E-state index in [1.54, 1.807) is 0 Å². The van der Waals surface area contributed by atoms with Gasteiger partial charge in [-0.15, -0.1) is 0 Å². The smallest absolute Gasteiger partial charge is 0.244 e. The number of amides is 2. The fourth-order valence-corrected chi connectivity index (χ4v) is 5.81. The molecule has 0 aliphatic carbocycles. The molecule has 2 aromatic rings. The summed E-state index contributed by atoms with van der Waals surface area (Å²) < 4.78 is 0. The number of benzene rings is 2. The van der Waals surface area contributed by atoms with Crippen LogP contribution < -0.4 is 21.2 Å². The van der Waals surface area contributed by atoms with Crippen LogP contribution in [0.3, 0.4) is 0 Å². The molecule has 0 saturated carbocycles. The summed E-state index contributed by atoms with van der Waals surface area (Å²) in [7, 11) is 0. The van der Waals surface area contributed by atoms with Crippen molar-refractivity contribution in [3.05, 3.63) is 68.8 Å². The summed E-state index contributed by atoms with van der Waals surface area (Å²) in [6, 6.07) is 7.78. The van der Waals surface area contributed by atoms with Gasteiger partial charge in [-0.3, -0.25) is 9.59 Å². The quantitative estimate of drug-likeness (QED) is 0.0727. The van der Waals surface area contributed by atoms with E-state index in [9.17, 15) is 20.1 Å². The first-order chi connectivity index (χ1) is 21.9. The highest BCUT2D eigenvalue weighted by atomic mass is 17.1. The zero-order valence-corrected chi connectivity index (χ0v) is 31.4. The Morgan fingerprint density at radius 3 is 0.979 bits per heavy atom. The molecule has 0 bridgehead atoms. The van der Waals surface area contributed by atoms with Crippen LogP contribution in [0.4, 0.5) is 0 Å². The fraction of sp³-hybridized carbons (Fsp3) is 0.550. The first-order valence-electron chi connectivity index (χ1n) is 16.9. The number of carbonyl (C=O) groups excluding carboxylic acids is 2. The Morgan fingerprint density at radius 2 is 0.792 bits per heavy atom. The topological polar surface area (TPSA) is 145 Å². The van der Waals surface area contributed by atoms with Crippen LogP contribution in [-0.4, -0.2) is 22.3 Å². The standard InChI is InChI=1S/C40H60N2O6/c1-37(2,3)29-21-25(22-30(33(29)47-45)38(4,5)6)19-27(35(41)43)17-15-13-14-16-18-28(36(42)44)20-26-23-31(39(7,8)9)34(48-46)32(24-26)40(10,11)12/h19-24,45-46H,13-18H2,1-12H3,(H2,41,43)(H2,42,44). The molecule has 2 aromatic carbocycles. The highest BCUT2D eigenvalue weighted by Crippen LogP contribution is 2.42. The van der Waals surface area contributed by atoms with Crippen molar-refractivity contribution >= 4 is 24.0 Å². The molecule has 0 aliphatic heterocycles. The summed E-state index contributed by atoms with van der Waals surface area (Å²) in [5.74, 6) is -0.0453. The van der Waals surface area contributed by atoms with Crippen molar-refractivity contribution in [3.8, 4) is 11.5 Å². The summed E-state index contributed by atoms with van der Waals surface area (Å²) in [6.45, 7) is 24.6. The van der Waals surface area contributed by atoms with E-state index in [1.165, 1.54) is 0 Å². The molecular formula is C40H60N2O6. The molecule has 0 radical (unpaired) electrons. The Hall–Kier alpha value is -3.62. The zero-order chi connectivity index (χ0) is 36.8. The molecule has 8 nitrogen and oxygen atoms in total. The summed E-state index contributed by atoms with van der Waals surface area (Å²) in [5, 5.41) is 19.6. The second kappa shape index (κ2) is 15.7. The lowest BCUT2D eigenvalue weighted by molar-refractivity contribution is -0.140. The van der Waals surface area contributed by atoms with Crippen LogP contribution in [0.5, 0.6) is 11.5 Å². The van der Waals surface area contributed by atoms with Crippen molar-refractivity contribution in [2.24, 2.45) is 11.5 Å². The van der Waals surface area contributed by atoms with Crippen molar-refractivity contribution in [3.63, 3.8) is 0 Å². The monoisotopic (exact) mass is 664 g/mol. The van der Waals surface area contributed by atoms with Gasteiger partial charge in [0.05, 0.1) is 0 Å². The summed E-state index contributed by atoms with van der Waals surface area (Å²) in [4.78, 5) is 34.7. The van der Waals surface area contributed by atoms with Crippen LogP contribution in [0.25, 0.3) is 12.2 Å². The van der Waals surface area contributed by atoms with Crippen LogP contribution in [0, 0.1) is 0 Å². The number of rotatable bonds is 13. The average Bonchev–Trinajstić information content (AvgIpc) is 2.94. The molecular weight excluding hydrogens is 604 g/mol. The minimum atomic E-state index is -0.465. The van der Waals surface area contributed by atoms with Gasteiger partial charge in [-0.25, -0.2) is 10.5 Å². The Bertz CT molecular complexity index is 1340. The second-order valence-corrected chi connectivity index (χ2v) is 17.1. The van der Waals surface area contributed by atoms with Crippen LogP contribution in [-0.2, 0) is 31.2 Å². The summed E-state index contributed by atoms with van der Waals surface area (Å²) >= 11 is 0. The van der Waals surface area contributed by atoms with Crippen LogP contribution >= 0.6 is 0 Å². The molecule has 0 atom stereocenters. The molecule has 266 valence electrons. The van der Waals surface area contributed by atoms with Gasteiger partial charge in [-0.1, -0.05) is 95.9 Å². The molecule has 2 amide bonds. The predicted molar refractivity (Wildman–Crippen MR) is 196 cm³/mol. The van der Waals surface area contributed by atoms with Crippen molar-refractivity contribution < 1.29 is 29.9 Å². The summed E-state index contributed by atoms with van der Waals surface area (Å²) in [5.41, 5.74) is 16.5. The van der Waals surface area contributed by atoms with E-state index in [0.717, 1.165) is 59.1 Å². The Kier molecular flexibility index (Phi) is 13.3. The third-order valence-corrected chi connectivity index (χ3v) is 8.59. The Balaban J connectivity index is 2.23. The number of hydrogen-bond acceptors (Lipinski definition) is 6. The lowest BCUT2D eigenvalue weighted by atomic mass is 9.78. The van der Waals surface area contributed by atoms with Crippen molar-refractivity contribution in [2.75, 3.05) is 0 Å². The molecule has 8 heteroatoms. The number of carbonyl (C=O) groups is 2. The van der Waals surface area contributed by atoms with Gasteiger partial charge in [0.2, 0.25) is 11.8 Å². The van der Waals surface area contributed by atoms with Crippen LogP contribution in [0.15, 0.2) is 35.4 Å². The number of unbranched alkanes of at least 4 members (excludes halogenated alkanes) is 3. The minimum Gasteiger partial charge on any atom is -0.366 e. The van der Waals surface area contributed by atoms with Gasteiger partial charge in [0.1, 0.15) is 0 Å². The third kappa shape index (κ3) is 11.0. The van der Waals surface area contributed by atoms with Gasteiger partial charge in [0, 0.05) is 33.4 Å². The van der Waals surface area contributed by atoms with Gasteiger partial charge in [-0.2, -0.15) is 0 Å². The average molecular weight is 665 g/mol. The number of nitrogens with two attached hydrogens (primary N) is 2. The van der Waals surface area contributed by atoms with Gasteiger partial charge >= 0.3 is 0 Å². The van der Waals surface area contributed by atoms with Gasteiger partial charge < -0.3 is 21.2 Å². The largest absolute Gasteiger partial charge is 0.366 e. The van der Waals surface area contributed by atoms with E-state index in [0.29, 0.717) is 35.5 Å². The highest BCUT2D eigenvalue weighted by Gasteiger charge is 2.30. The third-order valence-electron chi connectivity index (χ3n) is 8.59. The molecule has 2 rings (SSSR count). The molecule has 0 aromatic heterocycles. The Labute approximate surface area is 288 Å². The SMILES string of the molecule is CC(C)(C)c1cc(C=C(CCCCCCC(=Cc2cc(C(C)(C)C)c(OO)c(C(C)(C)C)c2)C(N)=O)C(N)=O)cc(C(C)(C)C)c1OO. The number of primary amides is 2. The van der Waals surface area contributed by atoms with Gasteiger partial charge in [-0.05, 0) is 94.9 Å². The maximum absolute atomic E-state index is 12.5. The first kappa shape index (κ1) is 40.6. The number of hydrogen-bond donors (Lipinski definition) is 4. The highest BCUT2D eigenvalue weighted by molar-refractivity contribution is 5.97. The van der Waals surface area contributed by atoms with Crippen molar-refractivity contribution in [1.29, 1.82) is 0 Å². The van der Waals surface area contributed by atoms with Crippen LogP contribution in [0.2, 0.25) is 0 Å². The first-order valence-corrected chi connectivity index (χ1v) is 16.9. The molecule has 48 heavy (non-hydrogen) atoms. The van der Waals surface area contributed by atoms with Gasteiger partial charge in [0.25, 0.3) is 0 Å². The molecule has 6 N–H and O–H groups in total. The molecule has 0 saturated heterocycles. The molecule has 0 fully saturated rings. The Morgan fingerprint density at radius 1 is 0.542 bits per heavy atom. The van der Waals surface area contributed by atoms with Crippen molar-refractivity contribution in [2.45, 2.75) is 143 Å². The normalized spacial score (nSPS) is 13.5. The lowest BCUT2D eigenvalue weighted by Crippen LogP contribution is -2.20. The summed E-state index contributed by atoms with van der Waals surface area (Å²) in [6.07, 6.45) is 7.93. The van der Waals surface area contributed by atoms with E-state index in [1.807, 2.05) is 120 Å². The van der Waals surface area contributed by atoms with E-state index < -0.39 is 11.8 Å². The van der Waals surface area contributed by atoms with E-state index in [-0.39, 0.29) is 21.7 Å². The molecule has 0 heterocycles. The van der Waals surface area contributed by atoms with Crippen molar-refractivity contribution in [1.82, 2.24) is 0 Å². The maximum atomic E-state index is 12.5. The molecule has 0 aliphatic rings. The minimum absolute atomic E-state index is 0.311. The molecule has 0 unspecified atom stereocenters. The van der Waals surface area contributed by atoms with Crippen LogP contribution in [0.1, 0.15) is 155 Å². The predicted octanol–water partition coefficient (Wildman–Crippen LogP) is 9.36. The van der Waals surface area contributed by atoms with E-state index in [2.05, 4.69) is 0 Å². The lowest BCUT2D eigenvalue weighted by Gasteiger charge is -2.28. The van der Waals surface area contributed by atoms with E-state index in [4.69, 9.17) is 21.2 Å². The van der Waals surface area contributed by atoms with Gasteiger partial charge in [0.15, 0.2) is 11.5 Å².